The first-order valence-corrected chi connectivity index (χ1v) is 72.1. The van der Waals surface area contributed by atoms with Crippen molar-refractivity contribution < 1.29 is 104 Å². The third-order valence-electron chi connectivity index (χ3n) is 24.7. The van der Waals surface area contributed by atoms with E-state index in [2.05, 4.69) is 133 Å². The van der Waals surface area contributed by atoms with Crippen molar-refractivity contribution in [3.8, 4) is 34.1 Å². The van der Waals surface area contributed by atoms with Crippen molar-refractivity contribution in [1.82, 2.24) is 0 Å². The molecule has 0 unspecified atom stereocenters. The summed E-state index contributed by atoms with van der Waals surface area (Å²) in [4.78, 5) is 18.4. The number of phenolic OH excluding ortho intramolecular Hbond substituents is 4. The Morgan fingerprint density at radius 3 is 0.925 bits per heavy atom. The fourth-order valence-corrected chi connectivity index (χ4v) is 17.5. The third-order valence-corrected chi connectivity index (χ3v) is 24.7. The summed E-state index contributed by atoms with van der Waals surface area (Å²) in [6.45, 7) is 17.3. The molecule has 5 aromatic rings. The molecule has 0 bridgehead atoms. The zero-order valence-electron chi connectivity index (χ0n) is 75.4. The van der Waals surface area contributed by atoms with Gasteiger partial charge in [-0.05, 0) is 184 Å². The third kappa shape index (κ3) is 50.9. The van der Waals surface area contributed by atoms with Crippen LogP contribution in [0.15, 0.2) is 105 Å². The van der Waals surface area contributed by atoms with Gasteiger partial charge in [-0.1, -0.05) is 345 Å². The number of rotatable bonds is 18. The van der Waals surface area contributed by atoms with E-state index in [1.54, 1.807) is 13.3 Å². The number of hydrogen-bond donors (Lipinski definition) is 4. The van der Waals surface area contributed by atoms with Gasteiger partial charge in [-0.15, -0.1) is 0 Å². The van der Waals surface area contributed by atoms with Crippen LogP contribution in [-0.2, 0) is 83.4 Å². The van der Waals surface area contributed by atoms with E-state index in [4.69, 9.17) is 83.1 Å². The summed E-state index contributed by atoms with van der Waals surface area (Å²) in [6, 6.07) is 30.6. The Hall–Kier alpha value is -0.168. The van der Waals surface area contributed by atoms with Gasteiger partial charge in [-0.3, -0.25) is 20.0 Å². The first kappa shape index (κ1) is 116. The van der Waals surface area contributed by atoms with Crippen LogP contribution in [0.3, 0.4) is 0 Å². The van der Waals surface area contributed by atoms with Gasteiger partial charge in [0.25, 0.3) is 0 Å². The molecule has 0 atom stereocenters. The molecule has 4 aliphatic rings. The van der Waals surface area contributed by atoms with E-state index in [1.165, 1.54) is 288 Å². The second-order valence-electron chi connectivity index (χ2n) is 33.4. The van der Waals surface area contributed by atoms with Gasteiger partial charge >= 0.3 is 151 Å². The van der Waals surface area contributed by atoms with Crippen LogP contribution < -0.4 is 0 Å². The molecule has 0 saturated heterocycles. The van der Waals surface area contributed by atoms with Crippen LogP contribution in [0.4, 0.5) is 0 Å². The van der Waals surface area contributed by atoms with Gasteiger partial charge in [0.2, 0.25) is 0 Å². The maximum atomic E-state index is 11.5. The van der Waals surface area contributed by atoms with Gasteiger partial charge in [0.15, 0.2) is 0 Å². The van der Waals surface area contributed by atoms with Crippen LogP contribution in [0, 0.1) is 13.8 Å². The van der Waals surface area contributed by atoms with Crippen LogP contribution in [0.25, 0.3) is 11.1 Å². The molecule has 0 radical (unpaired) electrons. The summed E-state index contributed by atoms with van der Waals surface area (Å²) in [7, 11) is 41.2. The fraction of sp³-hybridized carbons (Fsp3) is 0.660. The Bertz CT molecular complexity index is 3380. The summed E-state index contributed by atoms with van der Waals surface area (Å²) < 4.78 is 0. The predicted molar refractivity (Wildman–Crippen MR) is 518 cm³/mol. The Labute approximate surface area is 807 Å². The van der Waals surface area contributed by atoms with E-state index in [-0.39, 0.29) is 0 Å². The Kier molecular flexibility index (Phi) is 76.0. The van der Waals surface area contributed by atoms with Crippen LogP contribution in [0.2, 0.25) is 0 Å². The van der Waals surface area contributed by atoms with E-state index < -0.39 is 83.4 Å². The molecule has 8 nitrogen and oxygen atoms in total. The Morgan fingerprint density at radius 2 is 0.592 bits per heavy atom. The number of para-hydroxylation sites is 1. The summed E-state index contributed by atoms with van der Waals surface area (Å²) in [5.41, 5.74) is 12.8. The van der Waals surface area contributed by atoms with Gasteiger partial charge < -0.3 is 20.4 Å². The molecule has 0 amide bonds. The van der Waals surface area contributed by atoms with Crippen molar-refractivity contribution in [3.05, 3.63) is 141 Å². The molecule has 4 fully saturated rings. The predicted octanol–water partition coefficient (Wildman–Crippen LogP) is 35.8. The van der Waals surface area contributed by atoms with Crippen LogP contribution >= 0.6 is 68.1 Å². The average molecular weight is 2130 g/mol. The number of aryl methyl sites for hydroxylation is 2. The van der Waals surface area contributed by atoms with Gasteiger partial charge in [-0.2, -0.15) is 0 Å². The number of aromatic hydroxyl groups is 4. The van der Waals surface area contributed by atoms with Crippen LogP contribution in [0.5, 0.6) is 23.0 Å². The van der Waals surface area contributed by atoms with Gasteiger partial charge in [0, 0.05) is 72.3 Å². The van der Waals surface area contributed by atoms with Gasteiger partial charge in [-0.25, -0.2) is 0 Å². The van der Waals surface area contributed by atoms with Crippen molar-refractivity contribution in [1.29, 1.82) is 0 Å². The number of benzene rings is 5. The molecular formula is C100H156Cl8N4O4Zr4. The number of halogens is 8. The summed E-state index contributed by atoms with van der Waals surface area (Å²) >= 11 is -3.30. The summed E-state index contributed by atoms with van der Waals surface area (Å²) in [6.07, 6.45) is 72.2. The number of aliphatic imine (C=N–C) groups is 4. The van der Waals surface area contributed by atoms with E-state index in [1.807, 2.05) is 30.8 Å². The standard InChI is InChI=1S/C30H43NO.2C25H41NO.C20H31NO.8ClH.4Zr/c1-3-26(4-2)31-23-29-27(24-17-15-12-16-18-24)21-22-28(30(29)32)25-19-13-10-8-6-5-7-9-11-14-20-25;1-4-23(5-2)26-19-22-17-20(3)18-24(25(22)27)21-15-13-11-9-7-6-8-10-12-14-16-21;1-4-22(5-2)26-19-24-20(3)17-18-23(25(24)27)21-15-13-11-9-7-6-8-10-12-14-16-21;1-21-16-18-14-11-15-19(20(18)22)17-12-9-7-5-3-2-4-6-8-10-13-17;;;;;;;;;;;;/h12,15-18,21-23,25-26,32H,3-11,13-14,19-20H2,1-2H3;17-19,21,23,27H,4-16H2,1-3H3;17-19,21-22,27H,4-16H2,1-3H3;11,14-17,22H,2-10,12-13H2,1H3;8*1H;;;;/q;;;;;;;;;;;;4*+2/p-8. The summed E-state index contributed by atoms with van der Waals surface area (Å²) in [5.74, 6) is 3.80. The molecule has 4 aliphatic carbocycles. The molecule has 4 N–H and O–H groups in total. The molecule has 4 saturated carbocycles. The van der Waals surface area contributed by atoms with Crippen molar-refractivity contribution in [3.63, 3.8) is 0 Å². The number of hydrogen-bond acceptors (Lipinski definition) is 8. The average Bonchev–Trinajstić information content (AvgIpc) is 1.78. The second-order valence-corrected chi connectivity index (χ2v) is 48.3. The first-order chi connectivity index (χ1) is 58.5. The van der Waals surface area contributed by atoms with Crippen molar-refractivity contribution in [2.75, 3.05) is 7.05 Å². The zero-order valence-corrected chi connectivity index (χ0v) is 91.3. The monoisotopic (exact) mass is 2120 g/mol. The number of nitrogens with zero attached hydrogens (tertiary/aromatic N) is 4. The molecule has 20 heteroatoms. The summed E-state index contributed by atoms with van der Waals surface area (Å²) in [5, 5.41) is 44.2. The number of phenols is 4. The van der Waals surface area contributed by atoms with Crippen LogP contribution in [0.1, 0.15) is 442 Å². The maximum absolute atomic E-state index is 11.5. The normalized spacial score (nSPS) is 17.0. The van der Waals surface area contributed by atoms with E-state index >= 15 is 0 Å². The zero-order chi connectivity index (χ0) is 88.0. The molecule has 0 aliphatic heterocycles. The minimum atomic E-state index is -0.826. The van der Waals surface area contributed by atoms with E-state index in [0.717, 1.165) is 99.7 Å². The SMILES string of the molecule is CCC(CC)N=Cc1c(-c2ccccc2)ccc(C2CCCCCCCCCCC2)c1O.CCC(CC)N=Cc1c(C)ccc(C2CCCCCCCCCCC2)c1O.CCC(CC)N=Cc1cc(C)cc(C2CCCCCCCCCCC2)c1O.CN=Cc1cccc(C2CCCCCCCCCCC2)c1O.[Cl][Zr][Cl].[Cl][Zr][Cl].[Cl][Zr][Cl].[Cl][Zr][Cl]. The topological polar surface area (TPSA) is 130 Å². The second kappa shape index (κ2) is 78.7. The van der Waals surface area contributed by atoms with Crippen LogP contribution in [-0.4, -0.2) is 70.5 Å². The van der Waals surface area contributed by atoms with E-state index in [0.29, 0.717) is 64.8 Å². The van der Waals surface area contributed by atoms with E-state index in [9.17, 15) is 20.4 Å². The fourth-order valence-electron chi connectivity index (χ4n) is 17.5. The first-order valence-electron chi connectivity index (χ1n) is 46.8. The molecular weight excluding hydrogens is 1970 g/mol. The molecule has 5 aromatic carbocycles. The van der Waals surface area contributed by atoms with Crippen molar-refractivity contribution in [2.24, 2.45) is 20.0 Å². The minimum absolute atomic E-state index is 0.308. The molecule has 9 rings (SSSR count). The van der Waals surface area contributed by atoms with Gasteiger partial charge in [0.05, 0.1) is 0 Å². The molecule has 0 heterocycles. The molecule has 672 valence electrons. The molecule has 0 aromatic heterocycles. The van der Waals surface area contributed by atoms with Crippen molar-refractivity contribution >= 4 is 93.0 Å². The molecule has 0 spiro atoms. The van der Waals surface area contributed by atoms with Gasteiger partial charge in [0.1, 0.15) is 23.0 Å². The van der Waals surface area contributed by atoms with Crippen molar-refractivity contribution in [2.45, 2.75) is 418 Å². The molecule has 120 heavy (non-hydrogen) atoms. The quantitative estimate of drug-likeness (QED) is 0.0651. The Morgan fingerprint density at radius 1 is 0.308 bits per heavy atom. The Balaban J connectivity index is 0.000000521.